The highest BCUT2D eigenvalue weighted by atomic mass is 19.1. The van der Waals surface area contributed by atoms with Crippen molar-refractivity contribution in [3.63, 3.8) is 0 Å². The van der Waals surface area contributed by atoms with Crippen LogP contribution in [0.2, 0.25) is 0 Å². The number of hydrogen-bond donors (Lipinski definition) is 3. The third-order valence-electron chi connectivity index (χ3n) is 3.27. The average Bonchev–Trinajstić information content (AvgIpc) is 2.48. The SMILES string of the molecule is CN(C)C(=N)OC(=N)c1ccc(F)c(N2CCNCC2)c1. The van der Waals surface area contributed by atoms with Crippen LogP contribution in [0.25, 0.3) is 0 Å². The first kappa shape index (κ1) is 15.2. The highest BCUT2D eigenvalue weighted by Crippen LogP contribution is 2.22. The molecule has 21 heavy (non-hydrogen) atoms. The van der Waals surface area contributed by atoms with Gasteiger partial charge in [0.05, 0.1) is 5.69 Å². The maximum Gasteiger partial charge on any atom is 0.290 e. The minimum absolute atomic E-state index is 0.131. The Morgan fingerprint density at radius 1 is 1.29 bits per heavy atom. The van der Waals surface area contributed by atoms with E-state index in [1.54, 1.807) is 20.2 Å². The van der Waals surface area contributed by atoms with Crippen molar-refractivity contribution in [2.24, 2.45) is 0 Å². The molecule has 0 amide bonds. The first-order valence-electron chi connectivity index (χ1n) is 6.77. The zero-order valence-electron chi connectivity index (χ0n) is 12.2. The van der Waals surface area contributed by atoms with Gasteiger partial charge in [-0.15, -0.1) is 0 Å². The second-order valence-electron chi connectivity index (χ2n) is 5.03. The van der Waals surface area contributed by atoms with Crippen molar-refractivity contribution in [1.82, 2.24) is 10.2 Å². The number of amidine groups is 1. The van der Waals surface area contributed by atoms with E-state index in [1.165, 1.54) is 17.0 Å². The third-order valence-corrected chi connectivity index (χ3v) is 3.27. The van der Waals surface area contributed by atoms with Gasteiger partial charge in [0.2, 0.25) is 5.90 Å². The van der Waals surface area contributed by atoms with E-state index >= 15 is 0 Å². The molecule has 1 aliphatic rings. The Labute approximate surface area is 123 Å². The fourth-order valence-electron chi connectivity index (χ4n) is 2.05. The first-order valence-corrected chi connectivity index (χ1v) is 6.77. The number of rotatable bonds is 2. The van der Waals surface area contributed by atoms with Crippen molar-refractivity contribution in [3.8, 4) is 0 Å². The summed E-state index contributed by atoms with van der Waals surface area (Å²) in [5.41, 5.74) is 0.926. The van der Waals surface area contributed by atoms with E-state index in [0.29, 0.717) is 11.3 Å². The molecule has 114 valence electrons. The number of piperazine rings is 1. The summed E-state index contributed by atoms with van der Waals surface area (Å²) in [6.07, 6.45) is 0. The van der Waals surface area contributed by atoms with E-state index in [4.69, 9.17) is 15.6 Å². The van der Waals surface area contributed by atoms with E-state index in [9.17, 15) is 4.39 Å². The number of ether oxygens (including phenoxy) is 1. The Bertz CT molecular complexity index is 540. The zero-order valence-corrected chi connectivity index (χ0v) is 12.2. The maximum absolute atomic E-state index is 14.0. The lowest BCUT2D eigenvalue weighted by molar-refractivity contribution is 0.417. The molecular weight excluding hydrogens is 273 g/mol. The molecule has 1 fully saturated rings. The van der Waals surface area contributed by atoms with Crippen molar-refractivity contribution in [1.29, 1.82) is 10.8 Å². The van der Waals surface area contributed by atoms with Gasteiger partial charge in [-0.3, -0.25) is 10.8 Å². The minimum atomic E-state index is -0.309. The number of anilines is 1. The molecule has 0 saturated carbocycles. The fourth-order valence-corrected chi connectivity index (χ4v) is 2.05. The molecule has 1 aromatic rings. The Morgan fingerprint density at radius 2 is 1.95 bits per heavy atom. The van der Waals surface area contributed by atoms with Crippen LogP contribution in [0.5, 0.6) is 0 Å². The molecule has 0 unspecified atom stereocenters. The summed E-state index contributed by atoms with van der Waals surface area (Å²) in [5.74, 6) is -0.471. The van der Waals surface area contributed by atoms with Crippen LogP contribution in [0.4, 0.5) is 10.1 Å². The number of halogens is 1. The van der Waals surface area contributed by atoms with Crippen LogP contribution in [0.1, 0.15) is 5.56 Å². The molecule has 0 aliphatic carbocycles. The van der Waals surface area contributed by atoms with Gasteiger partial charge in [-0.2, -0.15) is 0 Å². The Kier molecular flexibility index (Phi) is 4.74. The number of benzene rings is 1. The standard InChI is InChI=1S/C14H20FN5O/c1-19(2)14(17)21-13(16)10-3-4-11(15)12(9-10)20-7-5-18-6-8-20/h3-4,9,16-18H,5-8H2,1-2H3. The van der Waals surface area contributed by atoms with Crippen molar-refractivity contribution in [2.75, 3.05) is 45.2 Å². The summed E-state index contributed by atoms with van der Waals surface area (Å²) in [6.45, 7) is 3.07. The number of hydrogen-bond acceptors (Lipinski definition) is 5. The molecule has 3 N–H and O–H groups in total. The Hall–Kier alpha value is -2.15. The molecule has 1 aromatic carbocycles. The van der Waals surface area contributed by atoms with E-state index in [2.05, 4.69) is 5.32 Å². The third kappa shape index (κ3) is 3.69. The lowest BCUT2D eigenvalue weighted by Crippen LogP contribution is -2.44. The number of nitrogens with zero attached hydrogens (tertiary/aromatic N) is 2. The Morgan fingerprint density at radius 3 is 2.57 bits per heavy atom. The van der Waals surface area contributed by atoms with Crippen LogP contribution >= 0.6 is 0 Å². The number of nitrogens with one attached hydrogen (secondary N) is 3. The second kappa shape index (κ2) is 6.53. The normalized spacial score (nSPS) is 14.7. The van der Waals surface area contributed by atoms with Crippen molar-refractivity contribution >= 4 is 17.6 Å². The lowest BCUT2D eigenvalue weighted by Gasteiger charge is -2.30. The van der Waals surface area contributed by atoms with E-state index in [-0.39, 0.29) is 17.7 Å². The van der Waals surface area contributed by atoms with Crippen molar-refractivity contribution in [2.45, 2.75) is 0 Å². The van der Waals surface area contributed by atoms with Gasteiger partial charge < -0.3 is 19.9 Å². The lowest BCUT2D eigenvalue weighted by atomic mass is 10.1. The second-order valence-corrected chi connectivity index (χ2v) is 5.03. The molecule has 0 spiro atoms. The molecule has 1 aliphatic heterocycles. The predicted octanol–water partition coefficient (Wildman–Crippen LogP) is 1.07. The summed E-state index contributed by atoms with van der Waals surface area (Å²) in [5, 5.41) is 18.7. The highest BCUT2D eigenvalue weighted by molar-refractivity contribution is 5.99. The molecule has 0 bridgehead atoms. The summed E-state index contributed by atoms with van der Waals surface area (Å²) in [4.78, 5) is 3.40. The smallest absolute Gasteiger partial charge is 0.290 e. The molecule has 1 saturated heterocycles. The Balaban J connectivity index is 2.17. The van der Waals surface area contributed by atoms with Gasteiger partial charge in [-0.05, 0) is 18.2 Å². The van der Waals surface area contributed by atoms with Crippen LogP contribution < -0.4 is 10.2 Å². The van der Waals surface area contributed by atoms with Crippen LogP contribution in [0, 0.1) is 16.6 Å². The molecular formula is C14H20FN5O. The zero-order chi connectivity index (χ0) is 15.4. The van der Waals surface area contributed by atoms with Crippen LogP contribution in [-0.4, -0.2) is 57.1 Å². The van der Waals surface area contributed by atoms with Gasteiger partial charge in [0.15, 0.2) is 0 Å². The van der Waals surface area contributed by atoms with Crippen LogP contribution in [-0.2, 0) is 4.74 Å². The van der Waals surface area contributed by atoms with E-state index < -0.39 is 0 Å². The maximum atomic E-state index is 14.0. The minimum Gasteiger partial charge on any atom is -0.407 e. The molecule has 0 atom stereocenters. The summed E-state index contributed by atoms with van der Waals surface area (Å²) in [6, 6.07) is 4.30. The summed E-state index contributed by atoms with van der Waals surface area (Å²) >= 11 is 0. The molecule has 7 heteroatoms. The summed E-state index contributed by atoms with van der Waals surface area (Å²) in [7, 11) is 3.32. The highest BCUT2D eigenvalue weighted by Gasteiger charge is 2.17. The largest absolute Gasteiger partial charge is 0.407 e. The van der Waals surface area contributed by atoms with Gasteiger partial charge >= 0.3 is 0 Å². The average molecular weight is 293 g/mol. The van der Waals surface area contributed by atoms with Gasteiger partial charge in [0.25, 0.3) is 6.02 Å². The van der Waals surface area contributed by atoms with Crippen molar-refractivity contribution in [3.05, 3.63) is 29.6 Å². The van der Waals surface area contributed by atoms with E-state index in [1.807, 2.05) is 4.90 Å². The topological polar surface area (TPSA) is 75.4 Å². The van der Waals surface area contributed by atoms with Gasteiger partial charge in [-0.1, -0.05) is 0 Å². The molecule has 0 aromatic heterocycles. The monoisotopic (exact) mass is 293 g/mol. The van der Waals surface area contributed by atoms with Gasteiger partial charge in [0, 0.05) is 45.8 Å². The van der Waals surface area contributed by atoms with Gasteiger partial charge in [-0.25, -0.2) is 4.39 Å². The fraction of sp³-hybridized carbons (Fsp3) is 0.429. The molecule has 2 rings (SSSR count). The van der Waals surface area contributed by atoms with Gasteiger partial charge in [0.1, 0.15) is 5.82 Å². The molecule has 6 nitrogen and oxygen atoms in total. The van der Waals surface area contributed by atoms with Crippen LogP contribution in [0.3, 0.4) is 0 Å². The predicted molar refractivity (Wildman–Crippen MR) is 80.8 cm³/mol. The molecule has 0 radical (unpaired) electrons. The van der Waals surface area contributed by atoms with Crippen molar-refractivity contribution < 1.29 is 9.13 Å². The van der Waals surface area contributed by atoms with E-state index in [0.717, 1.165) is 26.2 Å². The quantitative estimate of drug-likeness (QED) is 0.563. The first-order chi connectivity index (χ1) is 9.99. The molecule has 1 heterocycles. The van der Waals surface area contributed by atoms with Crippen LogP contribution in [0.15, 0.2) is 18.2 Å². The summed E-state index contributed by atoms with van der Waals surface area (Å²) < 4.78 is 19.1.